The van der Waals surface area contributed by atoms with Gasteiger partial charge in [-0.1, -0.05) is 36.4 Å². The molecule has 0 saturated carbocycles. The average molecular weight is 352 g/mol. The molecule has 3 aromatic carbocycles. The van der Waals surface area contributed by atoms with Crippen LogP contribution in [0.5, 0.6) is 17.2 Å². The van der Waals surface area contributed by atoms with Crippen molar-refractivity contribution in [3.05, 3.63) is 72.8 Å². The lowest BCUT2D eigenvalue weighted by atomic mass is 10.3. The van der Waals surface area contributed by atoms with Gasteiger partial charge < -0.3 is 14.9 Å². The van der Waals surface area contributed by atoms with Crippen LogP contribution in [-0.2, 0) is 0 Å². The summed E-state index contributed by atoms with van der Waals surface area (Å²) in [4.78, 5) is 2.76. The van der Waals surface area contributed by atoms with E-state index in [1.165, 1.54) is 0 Å². The van der Waals surface area contributed by atoms with Gasteiger partial charge in [0.25, 0.3) is 0 Å². The lowest BCUT2D eigenvalue weighted by Crippen LogP contribution is -2.28. The first-order valence-corrected chi connectivity index (χ1v) is 10.1. The monoisotopic (exact) mass is 352 g/mol. The Kier molecular flexibility index (Phi) is 3.85. The van der Waals surface area contributed by atoms with Crippen molar-refractivity contribution in [3.8, 4) is 17.2 Å². The maximum absolute atomic E-state index is 10.7. The number of para-hydroxylation sites is 3. The third-order valence-corrected chi connectivity index (χ3v) is 8.77. The number of aromatic hydroxyl groups is 2. The number of phenols is 2. The molecule has 25 heavy (non-hydrogen) atoms. The summed E-state index contributed by atoms with van der Waals surface area (Å²) in [5.74, 6) is 2.04. The summed E-state index contributed by atoms with van der Waals surface area (Å²) in [6.45, 7) is 2.04. The standard InChI is InChI=1S/C21H20O3S/c1-15-14-25(19-11-5-2-8-16(19)22,20-12-6-3-9-17(20)23)21-13-7-4-10-18(21)24-15/h2-13,15,22-23H,14H2,1H3. The Morgan fingerprint density at radius 2 is 1.24 bits per heavy atom. The lowest BCUT2D eigenvalue weighted by Gasteiger charge is -2.47. The van der Waals surface area contributed by atoms with Gasteiger partial charge in [0, 0.05) is 20.4 Å². The predicted molar refractivity (Wildman–Crippen MR) is 100 cm³/mol. The Morgan fingerprint density at radius 3 is 1.80 bits per heavy atom. The van der Waals surface area contributed by atoms with Crippen LogP contribution < -0.4 is 4.74 Å². The first kappa shape index (κ1) is 15.9. The summed E-state index contributed by atoms with van der Waals surface area (Å²) in [7, 11) is -1.85. The minimum Gasteiger partial charge on any atom is -0.507 e. The van der Waals surface area contributed by atoms with Crippen molar-refractivity contribution in [3.63, 3.8) is 0 Å². The van der Waals surface area contributed by atoms with E-state index in [1.54, 1.807) is 12.1 Å². The van der Waals surface area contributed by atoms with Gasteiger partial charge in [-0.05, 0) is 43.3 Å². The molecule has 3 aromatic rings. The molecule has 2 N–H and O–H groups in total. The zero-order chi connectivity index (χ0) is 17.4. The molecule has 4 rings (SSSR count). The first-order valence-electron chi connectivity index (χ1n) is 8.26. The van der Waals surface area contributed by atoms with Crippen LogP contribution in [0.3, 0.4) is 0 Å². The topological polar surface area (TPSA) is 49.7 Å². The second-order valence-corrected chi connectivity index (χ2v) is 9.35. The van der Waals surface area contributed by atoms with E-state index in [-0.39, 0.29) is 17.6 Å². The number of hydrogen-bond acceptors (Lipinski definition) is 3. The highest BCUT2D eigenvalue weighted by Gasteiger charge is 2.41. The second kappa shape index (κ2) is 6.05. The molecule has 0 amide bonds. The van der Waals surface area contributed by atoms with E-state index in [0.29, 0.717) is 5.75 Å². The fourth-order valence-corrected chi connectivity index (χ4v) is 7.83. The van der Waals surface area contributed by atoms with Crippen LogP contribution in [0.2, 0.25) is 0 Å². The highest BCUT2D eigenvalue weighted by molar-refractivity contribution is 8.34. The molecule has 128 valence electrons. The van der Waals surface area contributed by atoms with Crippen LogP contribution in [0.15, 0.2) is 87.5 Å². The molecule has 0 bridgehead atoms. The van der Waals surface area contributed by atoms with E-state index in [2.05, 4.69) is 6.07 Å². The van der Waals surface area contributed by atoms with E-state index >= 15 is 0 Å². The number of phenolic OH excluding ortho intramolecular Hbond substituents is 2. The molecule has 0 spiro atoms. The Hall–Kier alpha value is -2.59. The Bertz CT molecular complexity index is 877. The maximum atomic E-state index is 10.7. The largest absolute Gasteiger partial charge is 0.507 e. The number of benzene rings is 3. The average Bonchev–Trinajstić information content (AvgIpc) is 2.62. The first-order chi connectivity index (χ1) is 12.1. The predicted octanol–water partition coefficient (Wildman–Crippen LogP) is 5.16. The molecule has 1 aliphatic rings. The summed E-state index contributed by atoms with van der Waals surface area (Å²) in [5, 5.41) is 21.4. The Morgan fingerprint density at radius 1 is 0.760 bits per heavy atom. The summed E-state index contributed by atoms with van der Waals surface area (Å²) >= 11 is 0. The summed E-state index contributed by atoms with van der Waals surface area (Å²) in [5.41, 5.74) is 0. The SMILES string of the molecule is CC1CS(c2ccccc2O)(c2ccccc2O)c2ccccc2O1. The molecule has 0 aliphatic carbocycles. The highest BCUT2D eigenvalue weighted by atomic mass is 32.3. The van der Waals surface area contributed by atoms with Gasteiger partial charge in [0.05, 0.1) is 0 Å². The molecule has 1 heterocycles. The van der Waals surface area contributed by atoms with Gasteiger partial charge in [0.2, 0.25) is 0 Å². The quantitative estimate of drug-likeness (QED) is 0.670. The summed E-state index contributed by atoms with van der Waals surface area (Å²) < 4.78 is 6.07. The molecule has 0 aromatic heterocycles. The summed E-state index contributed by atoms with van der Waals surface area (Å²) in [6.07, 6.45) is -0.0240. The van der Waals surface area contributed by atoms with Crippen molar-refractivity contribution in [2.75, 3.05) is 5.75 Å². The lowest BCUT2D eigenvalue weighted by molar-refractivity contribution is 0.233. The highest BCUT2D eigenvalue weighted by Crippen LogP contribution is 2.75. The molecular weight excluding hydrogens is 332 g/mol. The summed E-state index contributed by atoms with van der Waals surface area (Å²) in [6, 6.07) is 22.8. The number of fused-ring (bicyclic) bond motifs is 1. The van der Waals surface area contributed by atoms with E-state index in [1.807, 2.05) is 61.5 Å². The van der Waals surface area contributed by atoms with Crippen molar-refractivity contribution in [1.29, 1.82) is 0 Å². The van der Waals surface area contributed by atoms with Crippen LogP contribution in [0.4, 0.5) is 0 Å². The smallest absolute Gasteiger partial charge is 0.132 e. The molecule has 1 unspecified atom stereocenters. The van der Waals surface area contributed by atoms with Crippen LogP contribution >= 0.6 is 10.0 Å². The van der Waals surface area contributed by atoms with Crippen LogP contribution in [0.1, 0.15) is 6.92 Å². The fraction of sp³-hybridized carbons (Fsp3) is 0.143. The molecule has 3 nitrogen and oxygen atoms in total. The van der Waals surface area contributed by atoms with E-state index in [0.717, 1.165) is 20.4 Å². The Balaban J connectivity index is 2.12. The molecule has 1 aliphatic heterocycles. The van der Waals surface area contributed by atoms with Gasteiger partial charge in [-0.2, -0.15) is 0 Å². The van der Waals surface area contributed by atoms with E-state index < -0.39 is 10.0 Å². The number of rotatable bonds is 2. The number of ether oxygens (including phenoxy) is 1. The van der Waals surface area contributed by atoms with Gasteiger partial charge in [0.1, 0.15) is 23.4 Å². The maximum Gasteiger partial charge on any atom is 0.132 e. The zero-order valence-electron chi connectivity index (χ0n) is 13.9. The van der Waals surface area contributed by atoms with E-state index in [4.69, 9.17) is 4.74 Å². The van der Waals surface area contributed by atoms with Crippen LogP contribution in [0.25, 0.3) is 0 Å². The third kappa shape index (κ3) is 2.45. The van der Waals surface area contributed by atoms with Crippen molar-refractivity contribution in [1.82, 2.24) is 0 Å². The van der Waals surface area contributed by atoms with Crippen molar-refractivity contribution in [2.45, 2.75) is 27.7 Å². The molecule has 1 atom stereocenters. The molecule has 4 heteroatoms. The van der Waals surface area contributed by atoms with Crippen molar-refractivity contribution in [2.24, 2.45) is 0 Å². The minimum atomic E-state index is -1.85. The normalized spacial score (nSPS) is 19.5. The van der Waals surface area contributed by atoms with Gasteiger partial charge in [-0.3, -0.25) is 0 Å². The fourth-order valence-electron chi connectivity index (χ4n) is 3.57. The number of hydrogen-bond donors (Lipinski definition) is 2. The molecule has 0 radical (unpaired) electrons. The van der Waals surface area contributed by atoms with Crippen molar-refractivity contribution < 1.29 is 14.9 Å². The molecule has 0 saturated heterocycles. The third-order valence-electron chi connectivity index (χ3n) is 4.52. The van der Waals surface area contributed by atoms with Gasteiger partial charge in [-0.25, -0.2) is 0 Å². The Labute approximate surface area is 148 Å². The van der Waals surface area contributed by atoms with Gasteiger partial charge in [-0.15, -0.1) is 10.0 Å². The zero-order valence-corrected chi connectivity index (χ0v) is 14.7. The minimum absolute atomic E-state index is 0.0240. The van der Waals surface area contributed by atoms with Crippen LogP contribution in [-0.4, -0.2) is 22.1 Å². The van der Waals surface area contributed by atoms with E-state index in [9.17, 15) is 10.2 Å². The van der Waals surface area contributed by atoms with Gasteiger partial charge in [0.15, 0.2) is 0 Å². The molecular formula is C21H20O3S. The van der Waals surface area contributed by atoms with Crippen LogP contribution in [0, 0.1) is 0 Å². The van der Waals surface area contributed by atoms with Gasteiger partial charge >= 0.3 is 0 Å². The second-order valence-electron chi connectivity index (χ2n) is 6.22. The van der Waals surface area contributed by atoms with Crippen molar-refractivity contribution >= 4 is 10.0 Å². The molecule has 0 fully saturated rings.